The van der Waals surface area contributed by atoms with Gasteiger partial charge in [0.05, 0.1) is 12.7 Å². The molecule has 1 nitrogen and oxygen atoms in total. The normalized spacial score (nSPS) is 11.5. The minimum absolute atomic E-state index is 0.234. The fraction of sp³-hybridized carbons (Fsp3) is 0.222. The van der Waals surface area contributed by atoms with Crippen molar-refractivity contribution in [3.63, 3.8) is 0 Å². The number of methoxy groups -OCH3 is 1. The molecule has 0 saturated heterocycles. The average Bonchev–Trinajstić information content (AvgIpc) is 2.02. The van der Waals surface area contributed by atoms with Crippen LogP contribution in [0.5, 0.6) is 5.75 Å². The summed E-state index contributed by atoms with van der Waals surface area (Å²) in [5, 5.41) is 0. The molecule has 71 valence electrons. The molecule has 1 rings (SSSR count). The Kier molecular flexibility index (Phi) is 2.50. The highest BCUT2D eigenvalue weighted by Gasteiger charge is 2.30. The lowest BCUT2D eigenvalue weighted by atomic mass is 10.1. The van der Waals surface area contributed by atoms with E-state index in [9.17, 15) is 13.2 Å². The van der Waals surface area contributed by atoms with E-state index in [1.807, 2.05) is 0 Å². The largest absolute Gasteiger partial charge is 0.496 e. The van der Waals surface area contributed by atoms with E-state index >= 15 is 0 Å². The molecule has 0 amide bonds. The SMILES string of the molecule is [CH2]c1cc(C(F)(F)F)ccc1OC. The Balaban J connectivity index is 3.10. The van der Waals surface area contributed by atoms with E-state index in [0.29, 0.717) is 5.75 Å². The summed E-state index contributed by atoms with van der Waals surface area (Å²) >= 11 is 0. The predicted octanol–water partition coefficient (Wildman–Crippen LogP) is 2.90. The smallest absolute Gasteiger partial charge is 0.416 e. The van der Waals surface area contributed by atoms with Crippen molar-refractivity contribution in [3.05, 3.63) is 36.2 Å². The molecule has 0 unspecified atom stereocenters. The second kappa shape index (κ2) is 3.28. The molecule has 0 N–H and O–H groups in total. The first-order valence-electron chi connectivity index (χ1n) is 3.52. The topological polar surface area (TPSA) is 9.23 Å². The van der Waals surface area contributed by atoms with E-state index < -0.39 is 11.7 Å². The molecule has 0 atom stereocenters. The summed E-state index contributed by atoms with van der Waals surface area (Å²) in [7, 11) is 1.39. The first-order chi connectivity index (χ1) is 5.95. The van der Waals surface area contributed by atoms with Crippen molar-refractivity contribution >= 4 is 0 Å². The molecule has 1 aromatic carbocycles. The molecule has 0 aromatic heterocycles. The Labute approximate surface area is 74.1 Å². The zero-order valence-electron chi connectivity index (χ0n) is 6.98. The van der Waals surface area contributed by atoms with Gasteiger partial charge in [0.1, 0.15) is 5.75 Å². The van der Waals surface area contributed by atoms with Gasteiger partial charge in [0.25, 0.3) is 0 Å². The summed E-state index contributed by atoms with van der Waals surface area (Å²) in [5.74, 6) is 0.355. The van der Waals surface area contributed by atoms with Crippen LogP contribution in [0.1, 0.15) is 11.1 Å². The van der Waals surface area contributed by atoms with Gasteiger partial charge in [-0.05, 0) is 30.7 Å². The number of ether oxygens (including phenoxy) is 1. The second-order valence-electron chi connectivity index (χ2n) is 2.52. The molecule has 0 aliphatic carbocycles. The summed E-state index contributed by atoms with van der Waals surface area (Å²) < 4.78 is 41.2. The molecule has 0 saturated carbocycles. The van der Waals surface area contributed by atoms with Crippen LogP contribution >= 0.6 is 0 Å². The number of hydrogen-bond acceptors (Lipinski definition) is 1. The minimum atomic E-state index is -4.32. The number of halogens is 3. The van der Waals surface area contributed by atoms with Gasteiger partial charge < -0.3 is 4.74 Å². The van der Waals surface area contributed by atoms with E-state index in [1.54, 1.807) is 0 Å². The van der Waals surface area contributed by atoms with Gasteiger partial charge in [-0.3, -0.25) is 0 Å². The first kappa shape index (κ1) is 9.89. The maximum Gasteiger partial charge on any atom is 0.416 e. The monoisotopic (exact) mass is 189 g/mol. The van der Waals surface area contributed by atoms with Crippen molar-refractivity contribution in [2.45, 2.75) is 6.18 Å². The van der Waals surface area contributed by atoms with Crippen LogP contribution in [0.15, 0.2) is 18.2 Å². The standard InChI is InChI=1S/C9H8F3O/c1-6-5-7(9(10,11)12)3-4-8(6)13-2/h3-5H,1H2,2H3. The van der Waals surface area contributed by atoms with Crippen LogP contribution in [-0.4, -0.2) is 7.11 Å². The van der Waals surface area contributed by atoms with Crippen LogP contribution in [-0.2, 0) is 6.18 Å². The van der Waals surface area contributed by atoms with E-state index in [0.717, 1.165) is 12.1 Å². The minimum Gasteiger partial charge on any atom is -0.496 e. The van der Waals surface area contributed by atoms with Gasteiger partial charge in [-0.25, -0.2) is 0 Å². The van der Waals surface area contributed by atoms with Crippen molar-refractivity contribution in [3.8, 4) is 5.75 Å². The Hall–Kier alpha value is -1.19. The quantitative estimate of drug-likeness (QED) is 0.660. The van der Waals surface area contributed by atoms with Gasteiger partial charge in [-0.2, -0.15) is 13.2 Å². The van der Waals surface area contributed by atoms with Crippen molar-refractivity contribution in [1.29, 1.82) is 0 Å². The third kappa shape index (κ3) is 2.14. The summed E-state index contributed by atoms with van der Waals surface area (Å²) in [4.78, 5) is 0. The second-order valence-corrected chi connectivity index (χ2v) is 2.52. The number of rotatable bonds is 1. The molecule has 13 heavy (non-hydrogen) atoms. The van der Waals surface area contributed by atoms with Gasteiger partial charge in [-0.1, -0.05) is 0 Å². The van der Waals surface area contributed by atoms with Crippen LogP contribution in [0.25, 0.3) is 0 Å². The lowest BCUT2D eigenvalue weighted by Crippen LogP contribution is -2.05. The Morgan fingerprint density at radius 3 is 2.31 bits per heavy atom. The number of benzene rings is 1. The Morgan fingerprint density at radius 2 is 1.92 bits per heavy atom. The molecule has 1 aromatic rings. The summed E-state index contributed by atoms with van der Waals surface area (Å²) in [5.41, 5.74) is -0.476. The zero-order chi connectivity index (χ0) is 10.1. The molecule has 0 heterocycles. The van der Waals surface area contributed by atoms with Crippen LogP contribution in [0, 0.1) is 6.92 Å². The molecular formula is C9H8F3O. The third-order valence-electron chi connectivity index (χ3n) is 1.61. The highest BCUT2D eigenvalue weighted by molar-refractivity contribution is 5.39. The van der Waals surface area contributed by atoms with Crippen LogP contribution in [0.2, 0.25) is 0 Å². The molecule has 0 fully saturated rings. The average molecular weight is 189 g/mol. The zero-order valence-corrected chi connectivity index (χ0v) is 6.98. The van der Waals surface area contributed by atoms with Crippen molar-refractivity contribution in [2.75, 3.05) is 7.11 Å². The molecule has 0 spiro atoms. The van der Waals surface area contributed by atoms with E-state index in [2.05, 4.69) is 6.92 Å². The summed E-state index contributed by atoms with van der Waals surface area (Å²) in [6, 6.07) is 3.18. The number of alkyl halides is 3. The maximum absolute atomic E-state index is 12.1. The van der Waals surface area contributed by atoms with Crippen LogP contribution in [0.3, 0.4) is 0 Å². The Bertz CT molecular complexity index is 304. The highest BCUT2D eigenvalue weighted by Crippen LogP contribution is 2.31. The van der Waals surface area contributed by atoms with Gasteiger partial charge in [0.2, 0.25) is 0 Å². The fourth-order valence-electron chi connectivity index (χ4n) is 0.955. The third-order valence-corrected chi connectivity index (χ3v) is 1.61. The van der Waals surface area contributed by atoms with Crippen LogP contribution in [0.4, 0.5) is 13.2 Å². The Morgan fingerprint density at radius 1 is 1.31 bits per heavy atom. The lowest BCUT2D eigenvalue weighted by Gasteiger charge is -2.09. The van der Waals surface area contributed by atoms with Gasteiger partial charge in [-0.15, -0.1) is 0 Å². The van der Waals surface area contributed by atoms with Crippen molar-refractivity contribution < 1.29 is 17.9 Å². The lowest BCUT2D eigenvalue weighted by molar-refractivity contribution is -0.137. The van der Waals surface area contributed by atoms with Crippen molar-refractivity contribution in [2.24, 2.45) is 0 Å². The number of hydrogen-bond donors (Lipinski definition) is 0. The van der Waals surface area contributed by atoms with Crippen LogP contribution < -0.4 is 4.74 Å². The highest BCUT2D eigenvalue weighted by atomic mass is 19.4. The van der Waals surface area contributed by atoms with E-state index in [-0.39, 0.29) is 5.56 Å². The summed E-state index contributed by atoms with van der Waals surface area (Å²) in [6.07, 6.45) is -4.32. The molecule has 4 heteroatoms. The molecule has 1 radical (unpaired) electrons. The van der Waals surface area contributed by atoms with Gasteiger partial charge in [0.15, 0.2) is 0 Å². The first-order valence-corrected chi connectivity index (χ1v) is 3.52. The molecule has 0 aliphatic heterocycles. The van der Waals surface area contributed by atoms with E-state index in [1.165, 1.54) is 13.2 Å². The fourth-order valence-corrected chi connectivity index (χ4v) is 0.955. The van der Waals surface area contributed by atoms with Gasteiger partial charge in [0, 0.05) is 0 Å². The van der Waals surface area contributed by atoms with Crippen molar-refractivity contribution in [1.82, 2.24) is 0 Å². The molecule has 0 bridgehead atoms. The summed E-state index contributed by atoms with van der Waals surface area (Å²) in [6.45, 7) is 3.44. The maximum atomic E-state index is 12.1. The van der Waals surface area contributed by atoms with Gasteiger partial charge >= 0.3 is 6.18 Å². The molecule has 0 aliphatic rings. The molecular weight excluding hydrogens is 181 g/mol. The van der Waals surface area contributed by atoms with E-state index in [4.69, 9.17) is 4.74 Å². The predicted molar refractivity (Wildman–Crippen MR) is 42.5 cm³/mol.